The molecule has 13 heavy (non-hydrogen) atoms. The van der Waals surface area contributed by atoms with Gasteiger partial charge in [0.1, 0.15) is 0 Å². The van der Waals surface area contributed by atoms with Crippen LogP contribution in [0.15, 0.2) is 5.16 Å². The second kappa shape index (κ2) is 4.11. The van der Waals surface area contributed by atoms with E-state index in [1.165, 1.54) is 0 Å². The molecule has 76 valence electrons. The quantitative estimate of drug-likeness (QED) is 0.289. The molecule has 0 atom stereocenters. The van der Waals surface area contributed by atoms with Crippen molar-refractivity contribution in [3.05, 3.63) is 0 Å². The van der Waals surface area contributed by atoms with Crippen LogP contribution >= 0.6 is 0 Å². The molecule has 0 aromatic carbocycles. The summed E-state index contributed by atoms with van der Waals surface area (Å²) in [4.78, 5) is 15.9. The van der Waals surface area contributed by atoms with Crippen LogP contribution in [0.3, 0.4) is 0 Å². The number of carbonyl (C=O) groups excluding carboxylic acids is 1. The van der Waals surface area contributed by atoms with Crippen LogP contribution in [0.2, 0.25) is 0 Å². The van der Waals surface area contributed by atoms with Gasteiger partial charge in [0.15, 0.2) is 0 Å². The van der Waals surface area contributed by atoms with Gasteiger partial charge in [-0.25, -0.2) is 4.79 Å². The van der Waals surface area contributed by atoms with Crippen LogP contribution in [0.5, 0.6) is 0 Å². The van der Waals surface area contributed by atoms with Crippen molar-refractivity contribution in [1.29, 1.82) is 0 Å². The van der Waals surface area contributed by atoms with Crippen molar-refractivity contribution in [1.82, 2.24) is 0 Å². The first-order valence-electron chi connectivity index (χ1n) is 4.09. The highest BCUT2D eigenvalue weighted by atomic mass is 16.7. The average molecular weight is 187 g/mol. The Bertz CT molecular complexity index is 217. The van der Waals surface area contributed by atoms with Crippen LogP contribution in [-0.4, -0.2) is 11.9 Å². The Morgan fingerprint density at radius 1 is 1.38 bits per heavy atom. The molecule has 0 radical (unpaired) electrons. The zero-order chi connectivity index (χ0) is 10.6. The summed E-state index contributed by atoms with van der Waals surface area (Å²) in [6.07, 6.45) is 0. The Kier molecular flexibility index (Phi) is 3.71. The predicted octanol–water partition coefficient (Wildman–Crippen LogP) is 0.400. The third kappa shape index (κ3) is 3.31. The predicted molar refractivity (Wildman–Crippen MR) is 50.5 cm³/mol. The average Bonchev–Trinajstić information content (AvgIpc) is 1.99. The summed E-state index contributed by atoms with van der Waals surface area (Å²) in [6.45, 7) is 7.41. The Labute approximate surface area is 78.1 Å². The maximum Gasteiger partial charge on any atom is 0.340 e. The maximum absolute atomic E-state index is 11.4. The lowest BCUT2D eigenvalue weighted by Crippen LogP contribution is -2.32. The second-order valence-corrected chi connectivity index (χ2v) is 3.77. The molecular weight excluding hydrogens is 170 g/mol. The Morgan fingerprint density at radius 3 is 2.15 bits per heavy atom. The Balaban J connectivity index is 4.35. The van der Waals surface area contributed by atoms with Crippen LogP contribution in [0, 0.1) is 11.3 Å². The van der Waals surface area contributed by atoms with Crippen molar-refractivity contribution in [3.63, 3.8) is 0 Å². The third-order valence-electron chi connectivity index (χ3n) is 2.20. The van der Waals surface area contributed by atoms with E-state index >= 15 is 0 Å². The molecule has 0 spiro atoms. The zero-order valence-electron chi connectivity index (χ0n) is 8.50. The van der Waals surface area contributed by atoms with Gasteiger partial charge < -0.3 is 16.3 Å². The fourth-order valence-corrected chi connectivity index (χ4v) is 0.448. The monoisotopic (exact) mass is 187 g/mol. The zero-order valence-corrected chi connectivity index (χ0v) is 8.50. The Hall–Kier alpha value is -1.26. The van der Waals surface area contributed by atoms with Crippen LogP contribution < -0.4 is 11.5 Å². The van der Waals surface area contributed by atoms with Gasteiger partial charge in [-0.15, -0.1) is 0 Å². The van der Waals surface area contributed by atoms with Crippen molar-refractivity contribution in [2.75, 3.05) is 0 Å². The molecule has 5 nitrogen and oxygen atoms in total. The molecule has 5 heteroatoms. The van der Waals surface area contributed by atoms with E-state index < -0.39 is 11.4 Å². The number of nitrogens with two attached hydrogens (primary N) is 2. The SMILES string of the molecule is CC(C)C(C)(C)C(=O)ON=C(N)N. The normalized spacial score (nSPS) is 11.2. The summed E-state index contributed by atoms with van der Waals surface area (Å²) in [5.74, 6) is -0.530. The van der Waals surface area contributed by atoms with E-state index in [1.807, 2.05) is 13.8 Å². The standard InChI is InChI=1S/C8H17N3O2/c1-5(2)8(3,4)6(12)13-11-7(9)10/h5H,1-4H3,(H4,9,10,11). The molecule has 0 aromatic rings. The maximum atomic E-state index is 11.4. The smallest absolute Gasteiger partial charge is 0.340 e. The molecule has 0 aromatic heterocycles. The second-order valence-electron chi connectivity index (χ2n) is 3.77. The van der Waals surface area contributed by atoms with Crippen LogP contribution in [0.25, 0.3) is 0 Å². The molecule has 0 amide bonds. The molecule has 0 aliphatic carbocycles. The number of hydrogen-bond donors (Lipinski definition) is 2. The van der Waals surface area contributed by atoms with E-state index in [0.29, 0.717) is 0 Å². The summed E-state index contributed by atoms with van der Waals surface area (Å²) < 4.78 is 0. The minimum atomic E-state index is -0.584. The van der Waals surface area contributed by atoms with Crippen molar-refractivity contribution in [3.8, 4) is 0 Å². The highest BCUT2D eigenvalue weighted by Gasteiger charge is 2.33. The number of oxime groups is 1. The molecule has 0 rings (SSSR count). The van der Waals surface area contributed by atoms with Gasteiger partial charge in [-0.1, -0.05) is 13.8 Å². The van der Waals surface area contributed by atoms with Gasteiger partial charge >= 0.3 is 5.97 Å². The summed E-state index contributed by atoms with van der Waals surface area (Å²) in [5, 5.41) is 3.20. The van der Waals surface area contributed by atoms with Crippen LogP contribution in [0.4, 0.5) is 0 Å². The minimum absolute atomic E-state index is 0.161. The molecule has 0 bridgehead atoms. The van der Waals surface area contributed by atoms with Crippen molar-refractivity contribution in [2.45, 2.75) is 27.7 Å². The van der Waals surface area contributed by atoms with Gasteiger partial charge in [0.2, 0.25) is 5.96 Å². The number of nitrogens with zero attached hydrogens (tertiary/aromatic N) is 1. The van der Waals surface area contributed by atoms with Crippen LogP contribution in [-0.2, 0) is 9.63 Å². The Morgan fingerprint density at radius 2 is 1.85 bits per heavy atom. The summed E-state index contributed by atoms with van der Waals surface area (Å²) in [7, 11) is 0. The largest absolute Gasteiger partial charge is 0.367 e. The first-order chi connectivity index (χ1) is 5.78. The number of rotatable bonds is 3. The summed E-state index contributed by atoms with van der Waals surface area (Å²) in [6, 6.07) is 0. The first kappa shape index (κ1) is 11.7. The molecular formula is C8H17N3O2. The van der Waals surface area contributed by atoms with Crippen LogP contribution in [0.1, 0.15) is 27.7 Å². The van der Waals surface area contributed by atoms with Gasteiger partial charge in [0, 0.05) is 0 Å². The summed E-state index contributed by atoms with van der Waals surface area (Å²) >= 11 is 0. The lowest BCUT2D eigenvalue weighted by molar-refractivity contribution is -0.156. The van der Waals surface area contributed by atoms with E-state index in [1.54, 1.807) is 13.8 Å². The topological polar surface area (TPSA) is 90.7 Å². The fraction of sp³-hybridized carbons (Fsp3) is 0.750. The van der Waals surface area contributed by atoms with E-state index in [2.05, 4.69) is 9.99 Å². The van der Waals surface area contributed by atoms with E-state index in [4.69, 9.17) is 11.5 Å². The third-order valence-corrected chi connectivity index (χ3v) is 2.20. The van der Waals surface area contributed by atoms with E-state index in [0.717, 1.165) is 0 Å². The van der Waals surface area contributed by atoms with Gasteiger partial charge in [-0.05, 0) is 24.9 Å². The van der Waals surface area contributed by atoms with E-state index in [-0.39, 0.29) is 11.9 Å². The van der Waals surface area contributed by atoms with Crippen molar-refractivity contribution < 1.29 is 9.63 Å². The highest BCUT2D eigenvalue weighted by Crippen LogP contribution is 2.27. The molecule has 0 saturated heterocycles. The van der Waals surface area contributed by atoms with Crippen molar-refractivity contribution >= 4 is 11.9 Å². The number of guanidine groups is 1. The molecule has 0 unspecified atom stereocenters. The lowest BCUT2D eigenvalue weighted by Gasteiger charge is -2.24. The fourth-order valence-electron chi connectivity index (χ4n) is 0.448. The molecule has 0 aliphatic rings. The van der Waals surface area contributed by atoms with Gasteiger partial charge in [-0.2, -0.15) is 0 Å². The molecule has 4 N–H and O–H groups in total. The van der Waals surface area contributed by atoms with E-state index in [9.17, 15) is 4.79 Å². The van der Waals surface area contributed by atoms with Gasteiger partial charge in [0.25, 0.3) is 0 Å². The number of hydrogen-bond acceptors (Lipinski definition) is 3. The summed E-state index contributed by atoms with van der Waals surface area (Å²) in [5.41, 5.74) is 9.44. The number of carbonyl (C=O) groups is 1. The molecule has 0 aliphatic heterocycles. The molecule has 0 heterocycles. The molecule has 0 fully saturated rings. The van der Waals surface area contributed by atoms with Crippen molar-refractivity contribution in [2.24, 2.45) is 28.0 Å². The lowest BCUT2D eigenvalue weighted by atomic mass is 9.81. The minimum Gasteiger partial charge on any atom is -0.367 e. The molecule has 0 saturated carbocycles. The van der Waals surface area contributed by atoms with Gasteiger partial charge in [0.05, 0.1) is 5.41 Å². The highest BCUT2D eigenvalue weighted by molar-refractivity contribution is 5.79. The first-order valence-corrected chi connectivity index (χ1v) is 4.09. The van der Waals surface area contributed by atoms with Gasteiger partial charge in [-0.3, -0.25) is 0 Å².